The molecule has 2 aromatic rings. The molecule has 3 atom stereocenters. The topological polar surface area (TPSA) is 31.0 Å². The van der Waals surface area contributed by atoms with Crippen LogP contribution >= 0.6 is 0 Å². The Labute approximate surface area is 204 Å². The summed E-state index contributed by atoms with van der Waals surface area (Å²) >= 11 is 0. The van der Waals surface area contributed by atoms with Gasteiger partial charge < -0.3 is 13.6 Å². The minimum absolute atomic E-state index is 0.00305. The zero-order valence-electron chi connectivity index (χ0n) is 21.8. The van der Waals surface area contributed by atoms with Crippen LogP contribution in [0.1, 0.15) is 48.5 Å². The van der Waals surface area contributed by atoms with Crippen molar-refractivity contribution in [3.63, 3.8) is 0 Å². The average molecular weight is 485 g/mol. The molecule has 1 heterocycles. The zero-order valence-corrected chi connectivity index (χ0v) is 23.8. The van der Waals surface area contributed by atoms with Crippen molar-refractivity contribution in [3.05, 3.63) is 60.7 Å². The van der Waals surface area contributed by atoms with Gasteiger partial charge in [-0.3, -0.25) is 0 Å². The maximum Gasteiger partial charge on any atom is 0.261 e. The van der Waals surface area contributed by atoms with Crippen LogP contribution in [0, 0.1) is 5.92 Å². The first-order chi connectivity index (χ1) is 15.7. The van der Waals surface area contributed by atoms with Gasteiger partial charge in [-0.1, -0.05) is 109 Å². The highest BCUT2D eigenvalue weighted by molar-refractivity contribution is 6.99. The molecule has 5 heteroatoms. The van der Waals surface area contributed by atoms with E-state index in [1.165, 1.54) is 28.5 Å². The molecule has 1 saturated heterocycles. The lowest BCUT2D eigenvalue weighted by Crippen LogP contribution is -2.67. The number of hydrogen-bond donors (Lipinski definition) is 0. The van der Waals surface area contributed by atoms with E-state index in [2.05, 4.69) is 109 Å². The fraction of sp³-hybridized carbons (Fsp3) is 0.571. The first-order valence-corrected chi connectivity index (χ1v) is 17.2. The smallest absolute Gasteiger partial charge is 0.261 e. The van der Waals surface area contributed by atoms with Gasteiger partial charge in [0.1, 0.15) is 6.10 Å². The molecule has 3 rings (SSSR count). The summed E-state index contributed by atoms with van der Waals surface area (Å²) in [5, 5.41) is 2.66. The van der Waals surface area contributed by atoms with Gasteiger partial charge in [-0.2, -0.15) is 0 Å². The van der Waals surface area contributed by atoms with Crippen molar-refractivity contribution < 1.29 is 13.6 Å². The van der Waals surface area contributed by atoms with Gasteiger partial charge in [-0.25, -0.2) is 0 Å². The molecule has 33 heavy (non-hydrogen) atoms. The van der Waals surface area contributed by atoms with E-state index in [9.17, 15) is 0 Å². The summed E-state index contributed by atoms with van der Waals surface area (Å²) in [6, 6.07) is 25.3. The quantitative estimate of drug-likeness (QED) is 0.274. The molecular weight excluding hydrogens is 440 g/mol. The highest BCUT2D eigenvalue weighted by Crippen LogP contribution is 2.38. The van der Waals surface area contributed by atoms with E-state index in [4.69, 9.17) is 13.6 Å². The largest absolute Gasteiger partial charge is 0.414 e. The van der Waals surface area contributed by atoms with Crippen LogP contribution in [-0.4, -0.2) is 42.1 Å². The van der Waals surface area contributed by atoms with Gasteiger partial charge in [-0.15, -0.1) is 0 Å². The third-order valence-corrected chi connectivity index (χ3v) is 17.3. The number of epoxide rings is 1. The molecule has 0 unspecified atom stereocenters. The second-order valence-corrected chi connectivity index (χ2v) is 19.7. The van der Waals surface area contributed by atoms with Gasteiger partial charge in [0, 0.05) is 12.5 Å². The Morgan fingerprint density at radius 3 is 1.73 bits per heavy atom. The lowest BCUT2D eigenvalue weighted by atomic mass is 10.1. The van der Waals surface area contributed by atoms with Crippen molar-refractivity contribution in [2.45, 2.75) is 83.8 Å². The summed E-state index contributed by atoms with van der Waals surface area (Å²) in [6.45, 7) is 17.6. The van der Waals surface area contributed by atoms with Crippen molar-refractivity contribution in [2.75, 3.05) is 13.2 Å². The molecule has 3 nitrogen and oxygen atoms in total. The van der Waals surface area contributed by atoms with Gasteiger partial charge in [0.2, 0.25) is 0 Å². The molecule has 182 valence electrons. The highest BCUT2D eigenvalue weighted by atomic mass is 28.4. The molecule has 2 aromatic carbocycles. The second kappa shape index (κ2) is 11.0. The zero-order chi connectivity index (χ0) is 24.1. The molecule has 0 spiro atoms. The summed E-state index contributed by atoms with van der Waals surface area (Å²) in [4.78, 5) is 0. The Bertz CT molecular complexity index is 799. The molecule has 1 aliphatic heterocycles. The van der Waals surface area contributed by atoms with E-state index in [0.717, 1.165) is 6.61 Å². The molecule has 0 bridgehead atoms. The molecule has 0 radical (unpaired) electrons. The molecule has 0 aromatic heterocycles. The first-order valence-electron chi connectivity index (χ1n) is 12.8. The molecule has 0 amide bonds. The van der Waals surface area contributed by atoms with Gasteiger partial charge in [0.05, 0.1) is 12.7 Å². The minimum Gasteiger partial charge on any atom is -0.414 e. The predicted molar refractivity (Wildman–Crippen MR) is 145 cm³/mol. The van der Waals surface area contributed by atoms with E-state index in [1.807, 2.05) is 0 Å². The van der Waals surface area contributed by atoms with Crippen LogP contribution in [0.4, 0.5) is 0 Å². The van der Waals surface area contributed by atoms with Crippen molar-refractivity contribution in [3.8, 4) is 0 Å². The number of benzene rings is 2. The summed E-state index contributed by atoms with van der Waals surface area (Å²) in [5.41, 5.74) is 0. The molecule has 1 aliphatic rings. The lowest BCUT2D eigenvalue weighted by Gasteiger charge is -2.43. The van der Waals surface area contributed by atoms with Gasteiger partial charge in [0.15, 0.2) is 8.32 Å². The first kappa shape index (κ1) is 26.4. The Morgan fingerprint density at radius 2 is 1.30 bits per heavy atom. The van der Waals surface area contributed by atoms with Crippen molar-refractivity contribution >= 4 is 27.0 Å². The van der Waals surface area contributed by atoms with Crippen molar-refractivity contribution in [2.24, 2.45) is 5.92 Å². The Balaban J connectivity index is 1.75. The standard InChI is InChI=1S/C28H44O3Si2/c1-8-32(9-2,10-3)29-22-26-27(31-26)23(4)21-30-33(28(5,6)7,24-17-13-11-14-18-24)25-19-15-12-16-20-25/h11-20,23,26-27H,8-10,21-22H2,1-7H3/t23-,26-,27-/m1/s1. The Morgan fingerprint density at radius 1 is 0.818 bits per heavy atom. The molecule has 0 aliphatic carbocycles. The molecule has 0 saturated carbocycles. The van der Waals surface area contributed by atoms with Crippen molar-refractivity contribution in [1.82, 2.24) is 0 Å². The van der Waals surface area contributed by atoms with Gasteiger partial charge >= 0.3 is 0 Å². The summed E-state index contributed by atoms with van der Waals surface area (Å²) in [5.74, 6) is 0.334. The van der Waals surface area contributed by atoms with E-state index >= 15 is 0 Å². The maximum absolute atomic E-state index is 7.11. The van der Waals surface area contributed by atoms with Crippen LogP contribution in [-0.2, 0) is 13.6 Å². The number of rotatable bonds is 12. The van der Waals surface area contributed by atoms with Gasteiger partial charge in [0.25, 0.3) is 8.32 Å². The molecule has 0 N–H and O–H groups in total. The third kappa shape index (κ3) is 5.71. The number of hydrogen-bond acceptors (Lipinski definition) is 3. The molecular formula is C28H44O3Si2. The SMILES string of the molecule is CC[Si](CC)(CC)OC[C@H]1O[C@@H]1[C@H](C)CO[Si](c1ccccc1)(c1ccccc1)C(C)(C)C. The minimum atomic E-state index is -2.50. The van der Waals surface area contributed by atoms with Crippen molar-refractivity contribution in [1.29, 1.82) is 0 Å². The van der Waals surface area contributed by atoms with Crippen LogP contribution in [0.25, 0.3) is 0 Å². The summed E-state index contributed by atoms with van der Waals surface area (Å²) in [7, 11) is -4.07. The molecule has 1 fully saturated rings. The normalized spacial score (nSPS) is 20.0. The lowest BCUT2D eigenvalue weighted by molar-refractivity contribution is 0.209. The fourth-order valence-electron chi connectivity index (χ4n) is 5.22. The van der Waals surface area contributed by atoms with E-state index in [-0.39, 0.29) is 17.2 Å². The highest BCUT2D eigenvalue weighted by Gasteiger charge is 2.51. The van der Waals surface area contributed by atoms with Crippen LogP contribution in [0.5, 0.6) is 0 Å². The van der Waals surface area contributed by atoms with Crippen LogP contribution in [0.3, 0.4) is 0 Å². The van der Waals surface area contributed by atoms with E-state index < -0.39 is 16.6 Å². The monoisotopic (exact) mass is 484 g/mol. The fourth-order valence-corrected chi connectivity index (χ4v) is 12.5. The predicted octanol–water partition coefficient (Wildman–Crippen LogP) is 5.99. The second-order valence-electron chi connectivity index (χ2n) is 10.6. The third-order valence-electron chi connectivity index (χ3n) is 7.65. The van der Waals surface area contributed by atoms with Gasteiger partial charge in [-0.05, 0) is 33.5 Å². The van der Waals surface area contributed by atoms with Crippen LogP contribution < -0.4 is 10.4 Å². The maximum atomic E-state index is 7.11. The van der Waals surface area contributed by atoms with Crippen LogP contribution in [0.15, 0.2) is 60.7 Å². The van der Waals surface area contributed by atoms with E-state index in [1.54, 1.807) is 0 Å². The summed E-state index contributed by atoms with van der Waals surface area (Å²) < 4.78 is 19.7. The Hall–Kier alpha value is -1.25. The van der Waals surface area contributed by atoms with E-state index in [0.29, 0.717) is 12.5 Å². The van der Waals surface area contributed by atoms with Crippen LogP contribution in [0.2, 0.25) is 23.2 Å². The Kier molecular flexibility index (Phi) is 8.79. The summed E-state index contributed by atoms with van der Waals surface area (Å²) in [6.07, 6.45) is 0.458. The average Bonchev–Trinajstić information content (AvgIpc) is 3.61. The number of ether oxygens (including phenoxy) is 1.